The second-order valence-corrected chi connectivity index (χ2v) is 2.43. The van der Waals surface area contributed by atoms with E-state index in [1.807, 2.05) is 0 Å². The zero-order valence-electron chi connectivity index (χ0n) is 6.73. The van der Waals surface area contributed by atoms with Gasteiger partial charge in [-0.25, -0.2) is 4.39 Å². The molecule has 0 saturated carbocycles. The van der Waals surface area contributed by atoms with Gasteiger partial charge in [0.2, 0.25) is 0 Å². The lowest BCUT2D eigenvalue weighted by molar-refractivity contribution is -0.167. The Labute approximate surface area is 76.5 Å². The molecule has 0 heterocycles. The molecule has 0 radical (unpaired) electrons. The van der Waals surface area contributed by atoms with E-state index in [1.54, 1.807) is 0 Å². The minimum absolute atomic E-state index is 0.491. The van der Waals surface area contributed by atoms with Crippen molar-refractivity contribution in [3.8, 4) is 0 Å². The summed E-state index contributed by atoms with van der Waals surface area (Å²) < 4.78 is 48.0. The lowest BCUT2D eigenvalue weighted by Crippen LogP contribution is -2.30. The number of para-hydroxylation sites is 1. The monoisotopic (exact) mass is 207 g/mol. The smallest absolute Gasteiger partial charge is 0.316 e. The van der Waals surface area contributed by atoms with Gasteiger partial charge in [-0.1, -0.05) is 12.1 Å². The van der Waals surface area contributed by atoms with Crippen LogP contribution < -0.4 is 5.32 Å². The molecule has 0 aliphatic carbocycles. The highest BCUT2D eigenvalue weighted by molar-refractivity contribution is 5.94. The number of carbonyl (C=O) groups excluding carboxylic acids is 1. The minimum Gasteiger partial charge on any atom is -0.316 e. The van der Waals surface area contributed by atoms with Crippen LogP contribution in [0.3, 0.4) is 0 Å². The molecule has 2 nitrogen and oxygen atoms in total. The van der Waals surface area contributed by atoms with E-state index in [0.717, 1.165) is 12.1 Å². The molecule has 0 saturated heterocycles. The van der Waals surface area contributed by atoms with Gasteiger partial charge in [0.1, 0.15) is 5.82 Å². The number of hydrogen-bond acceptors (Lipinski definition) is 1. The molecule has 1 N–H and O–H groups in total. The van der Waals surface area contributed by atoms with E-state index in [1.165, 1.54) is 17.4 Å². The molecule has 0 unspecified atom stereocenters. The number of anilines is 1. The molecule has 76 valence electrons. The first-order valence-electron chi connectivity index (χ1n) is 3.54. The highest BCUT2D eigenvalue weighted by Gasteiger charge is 2.38. The fourth-order valence-corrected chi connectivity index (χ4v) is 0.756. The Morgan fingerprint density at radius 2 is 1.79 bits per heavy atom. The maximum atomic E-state index is 12.8. The summed E-state index contributed by atoms with van der Waals surface area (Å²) in [5.41, 5.74) is -0.491. The van der Waals surface area contributed by atoms with Gasteiger partial charge >= 0.3 is 12.1 Å². The van der Waals surface area contributed by atoms with Crippen LogP contribution in [0.4, 0.5) is 23.2 Å². The fourth-order valence-electron chi connectivity index (χ4n) is 0.756. The van der Waals surface area contributed by atoms with E-state index in [2.05, 4.69) is 0 Å². The Hall–Kier alpha value is -1.59. The number of nitrogens with one attached hydrogen (secondary N) is 1. The van der Waals surface area contributed by atoms with Crippen molar-refractivity contribution in [1.29, 1.82) is 0 Å². The minimum atomic E-state index is -5.01. The number of alkyl halides is 3. The van der Waals surface area contributed by atoms with Crippen molar-refractivity contribution in [3.63, 3.8) is 0 Å². The quantitative estimate of drug-likeness (QED) is 0.703. The predicted octanol–water partition coefficient (Wildman–Crippen LogP) is 2.33. The average molecular weight is 207 g/mol. The number of halogens is 4. The molecule has 1 aromatic rings. The van der Waals surface area contributed by atoms with E-state index in [4.69, 9.17) is 0 Å². The van der Waals surface area contributed by atoms with Crippen molar-refractivity contribution in [3.05, 3.63) is 30.1 Å². The summed E-state index contributed by atoms with van der Waals surface area (Å²) in [6.45, 7) is 0. The molecule has 0 atom stereocenters. The summed E-state index contributed by atoms with van der Waals surface area (Å²) >= 11 is 0. The van der Waals surface area contributed by atoms with Gasteiger partial charge in [-0.05, 0) is 12.1 Å². The van der Waals surface area contributed by atoms with E-state index >= 15 is 0 Å². The van der Waals surface area contributed by atoms with Crippen molar-refractivity contribution in [2.75, 3.05) is 5.32 Å². The molecular weight excluding hydrogens is 202 g/mol. The Morgan fingerprint density at radius 3 is 2.29 bits per heavy atom. The van der Waals surface area contributed by atoms with Crippen molar-refractivity contribution in [2.24, 2.45) is 0 Å². The Morgan fingerprint density at radius 1 is 1.21 bits per heavy atom. The molecule has 1 amide bonds. The van der Waals surface area contributed by atoms with Crippen LogP contribution in [0, 0.1) is 5.82 Å². The second kappa shape index (κ2) is 3.65. The van der Waals surface area contributed by atoms with Crippen molar-refractivity contribution in [1.82, 2.24) is 0 Å². The van der Waals surface area contributed by atoms with Gasteiger partial charge in [-0.15, -0.1) is 0 Å². The molecule has 1 rings (SSSR count). The zero-order valence-corrected chi connectivity index (χ0v) is 6.73. The van der Waals surface area contributed by atoms with Crippen LogP contribution >= 0.6 is 0 Å². The Balaban J connectivity index is 2.80. The van der Waals surface area contributed by atoms with Gasteiger partial charge in [0.05, 0.1) is 5.69 Å². The number of amides is 1. The van der Waals surface area contributed by atoms with Crippen LogP contribution in [0.2, 0.25) is 0 Å². The van der Waals surface area contributed by atoms with Gasteiger partial charge < -0.3 is 5.32 Å². The number of carbonyl (C=O) groups is 1. The van der Waals surface area contributed by atoms with Crippen LogP contribution in [-0.2, 0) is 4.79 Å². The van der Waals surface area contributed by atoms with Gasteiger partial charge in [-0.2, -0.15) is 13.2 Å². The zero-order chi connectivity index (χ0) is 10.8. The van der Waals surface area contributed by atoms with E-state index in [0.29, 0.717) is 0 Å². The Bertz CT molecular complexity index is 347. The first kappa shape index (κ1) is 10.5. The van der Waals surface area contributed by atoms with Crippen LogP contribution in [0.15, 0.2) is 24.3 Å². The summed E-state index contributed by atoms with van der Waals surface area (Å²) in [5.74, 6) is -3.10. The summed E-state index contributed by atoms with van der Waals surface area (Å²) in [6, 6.07) is 4.61. The lowest BCUT2D eigenvalue weighted by atomic mass is 10.3. The van der Waals surface area contributed by atoms with Crippen LogP contribution in [0.1, 0.15) is 0 Å². The summed E-state index contributed by atoms with van der Waals surface area (Å²) in [6.07, 6.45) is -5.01. The normalized spacial score (nSPS) is 11.1. The molecule has 0 fully saturated rings. The van der Waals surface area contributed by atoms with Gasteiger partial charge in [0.25, 0.3) is 0 Å². The standard InChI is InChI=1S/C8H5F4NO/c9-5-3-1-2-4-6(5)13-7(14)8(10,11)12/h1-4H,(H,13,14). The molecule has 0 aromatic heterocycles. The third kappa shape index (κ3) is 2.45. The van der Waals surface area contributed by atoms with Gasteiger partial charge in [0.15, 0.2) is 0 Å². The molecule has 0 aliphatic heterocycles. The lowest BCUT2D eigenvalue weighted by Gasteiger charge is -2.07. The van der Waals surface area contributed by atoms with Gasteiger partial charge in [0, 0.05) is 0 Å². The number of hydrogen-bond donors (Lipinski definition) is 1. The highest BCUT2D eigenvalue weighted by atomic mass is 19.4. The van der Waals surface area contributed by atoms with Crippen LogP contribution in [0.5, 0.6) is 0 Å². The SMILES string of the molecule is O=C(Nc1ccccc1F)C(F)(F)F. The Kier molecular flexibility index (Phi) is 2.73. The van der Waals surface area contributed by atoms with Crippen molar-refractivity contribution >= 4 is 11.6 Å². The first-order chi connectivity index (χ1) is 6.41. The maximum Gasteiger partial charge on any atom is 0.471 e. The summed E-state index contributed by atoms with van der Waals surface area (Å²) in [7, 11) is 0. The third-order valence-corrected chi connectivity index (χ3v) is 1.38. The first-order valence-corrected chi connectivity index (χ1v) is 3.54. The predicted molar refractivity (Wildman–Crippen MR) is 41.1 cm³/mol. The number of rotatable bonds is 1. The summed E-state index contributed by atoms with van der Waals surface area (Å²) in [5, 5.41) is 1.41. The average Bonchev–Trinajstić information content (AvgIpc) is 2.07. The topological polar surface area (TPSA) is 29.1 Å². The highest BCUT2D eigenvalue weighted by Crippen LogP contribution is 2.19. The molecule has 1 aromatic carbocycles. The second-order valence-electron chi connectivity index (χ2n) is 2.43. The molecular formula is C8H5F4NO. The number of benzene rings is 1. The molecule has 0 spiro atoms. The maximum absolute atomic E-state index is 12.8. The summed E-state index contributed by atoms with van der Waals surface area (Å²) in [4.78, 5) is 10.4. The van der Waals surface area contributed by atoms with Crippen molar-refractivity contribution < 1.29 is 22.4 Å². The van der Waals surface area contributed by atoms with Crippen molar-refractivity contribution in [2.45, 2.75) is 6.18 Å². The van der Waals surface area contributed by atoms with E-state index in [-0.39, 0.29) is 0 Å². The van der Waals surface area contributed by atoms with E-state index in [9.17, 15) is 22.4 Å². The van der Waals surface area contributed by atoms with Crippen LogP contribution in [0.25, 0.3) is 0 Å². The van der Waals surface area contributed by atoms with Crippen LogP contribution in [-0.4, -0.2) is 12.1 Å². The molecule has 6 heteroatoms. The third-order valence-electron chi connectivity index (χ3n) is 1.38. The molecule has 14 heavy (non-hydrogen) atoms. The molecule has 0 bridgehead atoms. The molecule has 0 aliphatic rings. The van der Waals surface area contributed by atoms with Gasteiger partial charge in [-0.3, -0.25) is 4.79 Å². The fraction of sp³-hybridized carbons (Fsp3) is 0.125. The largest absolute Gasteiger partial charge is 0.471 e. The van der Waals surface area contributed by atoms with E-state index < -0.39 is 23.6 Å².